The van der Waals surface area contributed by atoms with E-state index in [9.17, 15) is 15.0 Å². The average molecular weight is 251 g/mol. The molecule has 0 aliphatic carbocycles. The number of phenolic OH excluding ortho intramolecular Hbond substituents is 2. The molecule has 2 rings (SSSR count). The van der Waals surface area contributed by atoms with Crippen LogP contribution in [0, 0.1) is 0 Å². The van der Waals surface area contributed by atoms with E-state index < -0.39 is 12.0 Å². The van der Waals surface area contributed by atoms with Crippen LogP contribution in [0.25, 0.3) is 0 Å². The van der Waals surface area contributed by atoms with Gasteiger partial charge in [0, 0.05) is 6.04 Å². The van der Waals surface area contributed by atoms with E-state index in [0.717, 1.165) is 6.42 Å². The van der Waals surface area contributed by atoms with Gasteiger partial charge in [0.15, 0.2) is 0 Å². The minimum atomic E-state index is -0.853. The molecule has 2 unspecified atom stereocenters. The van der Waals surface area contributed by atoms with Crippen molar-refractivity contribution in [2.24, 2.45) is 0 Å². The summed E-state index contributed by atoms with van der Waals surface area (Å²) in [5.41, 5.74) is 0.394. The van der Waals surface area contributed by atoms with Gasteiger partial charge in [0.25, 0.3) is 0 Å². The van der Waals surface area contributed by atoms with Crippen molar-refractivity contribution in [3.63, 3.8) is 0 Å². The number of benzene rings is 1. The van der Waals surface area contributed by atoms with E-state index in [1.807, 2.05) is 0 Å². The van der Waals surface area contributed by atoms with Crippen LogP contribution in [0.4, 0.5) is 0 Å². The molecule has 0 amide bonds. The maximum atomic E-state index is 11.2. The number of phenols is 2. The lowest BCUT2D eigenvalue weighted by atomic mass is 10.0. The fourth-order valence-electron chi connectivity index (χ4n) is 2.65. The van der Waals surface area contributed by atoms with Gasteiger partial charge in [-0.3, -0.25) is 9.69 Å². The number of carboxylic acids is 1. The van der Waals surface area contributed by atoms with Crippen molar-refractivity contribution in [2.75, 3.05) is 6.54 Å². The van der Waals surface area contributed by atoms with E-state index >= 15 is 0 Å². The summed E-state index contributed by atoms with van der Waals surface area (Å²) in [6, 6.07) is 3.68. The highest BCUT2D eigenvalue weighted by molar-refractivity contribution is 5.74. The van der Waals surface area contributed by atoms with Crippen LogP contribution in [0.3, 0.4) is 0 Å². The summed E-state index contributed by atoms with van der Waals surface area (Å²) in [6.45, 7) is 2.46. The standard InChI is InChI=1S/C13H17NO4/c1-8(12-10(15)5-2-6-11(12)16)14-7-3-4-9(14)13(17)18/h2,5-6,8-9,15-16H,3-4,7H2,1H3,(H,17,18). The molecule has 18 heavy (non-hydrogen) atoms. The van der Waals surface area contributed by atoms with Crippen molar-refractivity contribution in [2.45, 2.75) is 31.8 Å². The first-order valence-corrected chi connectivity index (χ1v) is 6.01. The molecule has 1 saturated heterocycles. The molecule has 0 spiro atoms. The average Bonchev–Trinajstić information content (AvgIpc) is 2.77. The van der Waals surface area contributed by atoms with Crippen LogP contribution in [0.15, 0.2) is 18.2 Å². The number of aliphatic carboxylic acids is 1. The number of aromatic hydroxyl groups is 2. The molecule has 0 bridgehead atoms. The number of nitrogens with zero attached hydrogens (tertiary/aromatic N) is 1. The summed E-state index contributed by atoms with van der Waals surface area (Å²) in [4.78, 5) is 13.0. The molecule has 2 atom stereocenters. The summed E-state index contributed by atoms with van der Waals surface area (Å²) >= 11 is 0. The summed E-state index contributed by atoms with van der Waals surface area (Å²) in [7, 11) is 0. The second-order valence-corrected chi connectivity index (χ2v) is 4.62. The maximum absolute atomic E-state index is 11.2. The molecule has 1 aliphatic heterocycles. The lowest BCUT2D eigenvalue weighted by Gasteiger charge is -2.29. The van der Waals surface area contributed by atoms with E-state index in [2.05, 4.69) is 0 Å². The van der Waals surface area contributed by atoms with E-state index in [4.69, 9.17) is 5.11 Å². The second kappa shape index (κ2) is 4.86. The van der Waals surface area contributed by atoms with Crippen LogP contribution in [-0.2, 0) is 4.79 Å². The predicted molar refractivity (Wildman–Crippen MR) is 65.6 cm³/mol. The van der Waals surface area contributed by atoms with Gasteiger partial charge >= 0.3 is 5.97 Å². The molecule has 5 nitrogen and oxygen atoms in total. The SMILES string of the molecule is CC(c1c(O)cccc1O)N1CCCC1C(=O)O. The quantitative estimate of drug-likeness (QED) is 0.762. The molecule has 0 radical (unpaired) electrons. The Morgan fingerprint density at radius 2 is 2.00 bits per heavy atom. The summed E-state index contributed by atoms with van der Waals surface area (Å²) in [5, 5.41) is 28.8. The van der Waals surface area contributed by atoms with Gasteiger partial charge in [-0.05, 0) is 38.4 Å². The molecule has 0 aromatic heterocycles. The van der Waals surface area contributed by atoms with Gasteiger partial charge in [-0.25, -0.2) is 0 Å². The Morgan fingerprint density at radius 3 is 2.56 bits per heavy atom. The topological polar surface area (TPSA) is 81.0 Å². The minimum Gasteiger partial charge on any atom is -0.507 e. The van der Waals surface area contributed by atoms with Crippen molar-refractivity contribution < 1.29 is 20.1 Å². The fourth-order valence-corrected chi connectivity index (χ4v) is 2.65. The maximum Gasteiger partial charge on any atom is 0.320 e. The number of likely N-dealkylation sites (tertiary alicyclic amines) is 1. The Morgan fingerprint density at radius 1 is 1.39 bits per heavy atom. The highest BCUT2D eigenvalue weighted by atomic mass is 16.4. The summed E-state index contributed by atoms with van der Waals surface area (Å²) in [6.07, 6.45) is 1.42. The van der Waals surface area contributed by atoms with Gasteiger partial charge in [-0.2, -0.15) is 0 Å². The smallest absolute Gasteiger partial charge is 0.320 e. The molecule has 1 fully saturated rings. The lowest BCUT2D eigenvalue weighted by Crippen LogP contribution is -2.37. The Labute approximate surface area is 105 Å². The summed E-state index contributed by atoms with van der Waals surface area (Å²) < 4.78 is 0. The first-order valence-electron chi connectivity index (χ1n) is 6.01. The molecule has 1 heterocycles. The molecular weight excluding hydrogens is 234 g/mol. The van der Waals surface area contributed by atoms with Crippen molar-refractivity contribution >= 4 is 5.97 Å². The molecule has 1 aromatic carbocycles. The van der Waals surface area contributed by atoms with E-state index in [1.54, 1.807) is 17.9 Å². The van der Waals surface area contributed by atoms with Gasteiger partial charge < -0.3 is 15.3 Å². The van der Waals surface area contributed by atoms with Gasteiger partial charge in [0.05, 0.1) is 5.56 Å². The van der Waals surface area contributed by atoms with Crippen LogP contribution in [0.2, 0.25) is 0 Å². The first kappa shape index (κ1) is 12.7. The monoisotopic (exact) mass is 251 g/mol. The highest BCUT2D eigenvalue weighted by Crippen LogP contribution is 2.38. The number of carboxylic acid groups (broad SMARTS) is 1. The second-order valence-electron chi connectivity index (χ2n) is 4.62. The van der Waals surface area contributed by atoms with E-state index in [-0.39, 0.29) is 17.5 Å². The molecule has 98 valence electrons. The van der Waals surface area contributed by atoms with Gasteiger partial charge in [0.2, 0.25) is 0 Å². The molecular formula is C13H17NO4. The van der Waals surface area contributed by atoms with Crippen molar-refractivity contribution in [3.8, 4) is 11.5 Å². The highest BCUT2D eigenvalue weighted by Gasteiger charge is 2.35. The van der Waals surface area contributed by atoms with E-state index in [0.29, 0.717) is 18.5 Å². The van der Waals surface area contributed by atoms with Crippen molar-refractivity contribution in [3.05, 3.63) is 23.8 Å². The van der Waals surface area contributed by atoms with Gasteiger partial charge in [0.1, 0.15) is 17.5 Å². The van der Waals surface area contributed by atoms with Crippen LogP contribution in [-0.4, -0.2) is 38.8 Å². The zero-order valence-electron chi connectivity index (χ0n) is 10.2. The molecule has 1 aromatic rings. The Hall–Kier alpha value is -1.75. The number of rotatable bonds is 3. The molecule has 5 heteroatoms. The Bertz CT molecular complexity index is 440. The summed E-state index contributed by atoms with van der Waals surface area (Å²) in [5.74, 6) is -0.855. The van der Waals surface area contributed by atoms with Crippen LogP contribution >= 0.6 is 0 Å². The zero-order chi connectivity index (χ0) is 13.3. The van der Waals surface area contributed by atoms with Crippen molar-refractivity contribution in [1.82, 2.24) is 4.90 Å². The van der Waals surface area contributed by atoms with Gasteiger partial charge in [-0.15, -0.1) is 0 Å². The van der Waals surface area contributed by atoms with E-state index in [1.165, 1.54) is 12.1 Å². The van der Waals surface area contributed by atoms with Crippen LogP contribution in [0.5, 0.6) is 11.5 Å². The third-order valence-corrected chi connectivity index (χ3v) is 3.55. The third kappa shape index (κ3) is 2.13. The van der Waals surface area contributed by atoms with Crippen LogP contribution in [0.1, 0.15) is 31.4 Å². The number of hydrogen-bond acceptors (Lipinski definition) is 4. The largest absolute Gasteiger partial charge is 0.507 e. The van der Waals surface area contributed by atoms with Crippen molar-refractivity contribution in [1.29, 1.82) is 0 Å². The predicted octanol–water partition coefficient (Wildman–Crippen LogP) is 1.71. The molecule has 3 N–H and O–H groups in total. The third-order valence-electron chi connectivity index (χ3n) is 3.55. The lowest BCUT2D eigenvalue weighted by molar-refractivity contribution is -0.142. The van der Waals surface area contributed by atoms with Crippen LogP contribution < -0.4 is 0 Å². The first-order chi connectivity index (χ1) is 8.52. The van der Waals surface area contributed by atoms with Gasteiger partial charge in [-0.1, -0.05) is 6.07 Å². The number of carbonyl (C=O) groups is 1. The molecule has 0 saturated carbocycles. The normalized spacial score (nSPS) is 21.9. The fraction of sp³-hybridized carbons (Fsp3) is 0.462. The Kier molecular flexibility index (Phi) is 3.43. The Balaban J connectivity index is 2.31. The molecule has 1 aliphatic rings. The number of hydrogen-bond donors (Lipinski definition) is 3. The minimum absolute atomic E-state index is 0.00135. The zero-order valence-corrected chi connectivity index (χ0v) is 10.2.